The maximum atomic E-state index is 9.26. The van der Waals surface area contributed by atoms with Crippen LogP contribution in [0.4, 0.5) is 0 Å². The van der Waals surface area contributed by atoms with Crippen molar-refractivity contribution in [3.05, 3.63) is 0 Å². The molecule has 0 radical (unpaired) electrons. The molecule has 2 fully saturated rings. The van der Waals surface area contributed by atoms with Gasteiger partial charge in [-0.1, -0.05) is 19.3 Å². The zero-order valence-corrected chi connectivity index (χ0v) is 11.0. The van der Waals surface area contributed by atoms with E-state index in [9.17, 15) is 5.26 Å². The summed E-state index contributed by atoms with van der Waals surface area (Å²) in [6.45, 7) is 2.39. The van der Waals surface area contributed by atoms with Gasteiger partial charge in [0, 0.05) is 12.1 Å². The van der Waals surface area contributed by atoms with Crippen LogP contribution in [0.2, 0.25) is 0 Å². The van der Waals surface area contributed by atoms with Crippen LogP contribution in [-0.4, -0.2) is 37.1 Å². The summed E-state index contributed by atoms with van der Waals surface area (Å²) >= 11 is 0. The minimum atomic E-state index is 0.247. The minimum Gasteiger partial charge on any atom is -0.310 e. The summed E-state index contributed by atoms with van der Waals surface area (Å²) in [4.78, 5) is 2.40. The van der Waals surface area contributed by atoms with Crippen LogP contribution in [0, 0.1) is 17.2 Å². The molecule has 0 amide bonds. The van der Waals surface area contributed by atoms with Crippen molar-refractivity contribution in [2.75, 3.05) is 20.1 Å². The average Bonchev–Trinajstić information content (AvgIpc) is 2.57. The molecule has 2 atom stereocenters. The van der Waals surface area contributed by atoms with Gasteiger partial charge < -0.3 is 10.2 Å². The van der Waals surface area contributed by atoms with Crippen LogP contribution >= 0.6 is 0 Å². The van der Waals surface area contributed by atoms with Crippen LogP contribution in [0.15, 0.2) is 0 Å². The van der Waals surface area contributed by atoms with Gasteiger partial charge in [-0.25, -0.2) is 0 Å². The van der Waals surface area contributed by atoms with Crippen molar-refractivity contribution in [1.29, 1.82) is 5.26 Å². The van der Waals surface area contributed by atoms with Gasteiger partial charge in [0.05, 0.1) is 12.0 Å². The van der Waals surface area contributed by atoms with Crippen LogP contribution in [0.5, 0.6) is 0 Å². The molecule has 2 aliphatic rings. The van der Waals surface area contributed by atoms with Gasteiger partial charge >= 0.3 is 0 Å². The average molecular weight is 235 g/mol. The number of hydrogen-bond donors (Lipinski definition) is 1. The Bertz CT molecular complexity index is 263. The monoisotopic (exact) mass is 235 g/mol. The fourth-order valence-corrected chi connectivity index (χ4v) is 3.14. The molecule has 0 aromatic rings. The number of hydrogen-bond acceptors (Lipinski definition) is 3. The summed E-state index contributed by atoms with van der Waals surface area (Å²) in [7, 11) is 2.19. The molecule has 2 rings (SSSR count). The molecular formula is C14H25N3. The second-order valence-corrected chi connectivity index (χ2v) is 5.72. The van der Waals surface area contributed by atoms with Crippen LogP contribution in [0.3, 0.4) is 0 Å². The van der Waals surface area contributed by atoms with E-state index in [-0.39, 0.29) is 5.92 Å². The Kier molecular flexibility index (Phi) is 4.82. The molecule has 1 saturated heterocycles. The van der Waals surface area contributed by atoms with Crippen molar-refractivity contribution in [3.8, 4) is 6.07 Å². The van der Waals surface area contributed by atoms with Crippen LogP contribution in [-0.2, 0) is 0 Å². The van der Waals surface area contributed by atoms with Gasteiger partial charge in [-0.3, -0.25) is 0 Å². The Morgan fingerprint density at radius 3 is 2.47 bits per heavy atom. The van der Waals surface area contributed by atoms with E-state index in [0.717, 1.165) is 6.42 Å². The van der Waals surface area contributed by atoms with Gasteiger partial charge in [-0.05, 0) is 45.8 Å². The molecule has 3 heteroatoms. The van der Waals surface area contributed by atoms with Crippen molar-refractivity contribution in [3.63, 3.8) is 0 Å². The van der Waals surface area contributed by atoms with Crippen LogP contribution in [0.1, 0.15) is 44.9 Å². The Hall–Kier alpha value is -0.590. The summed E-state index contributed by atoms with van der Waals surface area (Å²) in [6, 6.07) is 3.62. The maximum Gasteiger partial charge on any atom is 0.0672 e. The van der Waals surface area contributed by atoms with Crippen molar-refractivity contribution in [2.24, 2.45) is 5.92 Å². The van der Waals surface area contributed by atoms with Gasteiger partial charge in [0.1, 0.15) is 0 Å². The molecule has 1 N–H and O–H groups in total. The summed E-state index contributed by atoms with van der Waals surface area (Å²) in [5.41, 5.74) is 0. The minimum absolute atomic E-state index is 0.247. The summed E-state index contributed by atoms with van der Waals surface area (Å²) in [5, 5.41) is 13.0. The van der Waals surface area contributed by atoms with E-state index in [0.29, 0.717) is 12.1 Å². The van der Waals surface area contributed by atoms with Crippen LogP contribution < -0.4 is 5.32 Å². The number of nitriles is 1. The standard InChI is InChI=1S/C14H25N3/c1-17-9-7-13(8-10-17)16-14-6-4-2-3-5-12(14)11-15/h12-14,16H,2-10H2,1H3. The first-order valence-corrected chi connectivity index (χ1v) is 7.14. The molecule has 0 bridgehead atoms. The zero-order chi connectivity index (χ0) is 12.1. The fourth-order valence-electron chi connectivity index (χ4n) is 3.14. The highest BCUT2D eigenvalue weighted by Crippen LogP contribution is 2.24. The summed E-state index contributed by atoms with van der Waals surface area (Å²) < 4.78 is 0. The Morgan fingerprint density at radius 1 is 1.06 bits per heavy atom. The lowest BCUT2D eigenvalue weighted by molar-refractivity contribution is 0.213. The van der Waals surface area contributed by atoms with E-state index in [1.807, 2.05) is 0 Å². The normalized spacial score (nSPS) is 32.9. The molecule has 3 nitrogen and oxygen atoms in total. The highest BCUT2D eigenvalue weighted by molar-refractivity contribution is 4.95. The third-order valence-corrected chi connectivity index (χ3v) is 4.35. The molecule has 0 aromatic heterocycles. The summed E-state index contributed by atoms with van der Waals surface area (Å²) in [5.74, 6) is 0.247. The Labute approximate surface area is 105 Å². The molecule has 1 heterocycles. The second-order valence-electron chi connectivity index (χ2n) is 5.72. The lowest BCUT2D eigenvalue weighted by atomic mass is 9.94. The van der Waals surface area contributed by atoms with E-state index in [4.69, 9.17) is 0 Å². The van der Waals surface area contributed by atoms with Crippen molar-refractivity contribution < 1.29 is 0 Å². The zero-order valence-electron chi connectivity index (χ0n) is 11.0. The third kappa shape index (κ3) is 3.69. The predicted molar refractivity (Wildman–Crippen MR) is 69.6 cm³/mol. The number of rotatable bonds is 2. The van der Waals surface area contributed by atoms with Gasteiger partial charge in [0.2, 0.25) is 0 Å². The van der Waals surface area contributed by atoms with Gasteiger partial charge in [-0.15, -0.1) is 0 Å². The maximum absolute atomic E-state index is 9.26. The first-order valence-electron chi connectivity index (χ1n) is 7.14. The molecule has 17 heavy (non-hydrogen) atoms. The largest absolute Gasteiger partial charge is 0.310 e. The van der Waals surface area contributed by atoms with Crippen molar-refractivity contribution in [1.82, 2.24) is 10.2 Å². The summed E-state index contributed by atoms with van der Waals surface area (Å²) in [6.07, 6.45) is 8.62. The quantitative estimate of drug-likeness (QED) is 0.745. The highest BCUT2D eigenvalue weighted by atomic mass is 15.1. The lowest BCUT2D eigenvalue weighted by Crippen LogP contribution is -2.47. The van der Waals surface area contributed by atoms with Gasteiger partial charge in [0.25, 0.3) is 0 Å². The number of likely N-dealkylation sites (tertiary alicyclic amines) is 1. The van der Waals surface area contributed by atoms with Crippen molar-refractivity contribution >= 4 is 0 Å². The SMILES string of the molecule is CN1CCC(NC2CCCCCC2C#N)CC1. The van der Waals surface area contributed by atoms with Gasteiger partial charge in [0.15, 0.2) is 0 Å². The molecule has 0 spiro atoms. The molecule has 2 unspecified atom stereocenters. The first kappa shape index (κ1) is 12.9. The fraction of sp³-hybridized carbons (Fsp3) is 0.929. The molecule has 1 aliphatic carbocycles. The van der Waals surface area contributed by atoms with E-state index >= 15 is 0 Å². The van der Waals surface area contributed by atoms with E-state index in [1.54, 1.807) is 0 Å². The van der Waals surface area contributed by atoms with Gasteiger partial charge in [-0.2, -0.15) is 5.26 Å². The molecule has 96 valence electrons. The topological polar surface area (TPSA) is 39.1 Å². The van der Waals surface area contributed by atoms with Crippen LogP contribution in [0.25, 0.3) is 0 Å². The number of nitrogens with one attached hydrogen (secondary N) is 1. The van der Waals surface area contributed by atoms with E-state index < -0.39 is 0 Å². The second kappa shape index (κ2) is 6.37. The number of piperidine rings is 1. The molecule has 0 aromatic carbocycles. The van der Waals surface area contributed by atoms with E-state index in [2.05, 4.69) is 23.3 Å². The molecule has 1 saturated carbocycles. The smallest absolute Gasteiger partial charge is 0.0672 e. The Balaban J connectivity index is 1.85. The third-order valence-electron chi connectivity index (χ3n) is 4.35. The van der Waals surface area contributed by atoms with E-state index in [1.165, 1.54) is 51.6 Å². The first-order chi connectivity index (χ1) is 8.29. The highest BCUT2D eigenvalue weighted by Gasteiger charge is 2.26. The predicted octanol–water partition coefficient (Wildman–Crippen LogP) is 2.14. The Morgan fingerprint density at radius 2 is 1.76 bits per heavy atom. The molecule has 1 aliphatic heterocycles. The van der Waals surface area contributed by atoms with Crippen molar-refractivity contribution in [2.45, 2.75) is 57.0 Å². The number of nitrogens with zero attached hydrogens (tertiary/aromatic N) is 2. The molecular weight excluding hydrogens is 210 g/mol. The lowest BCUT2D eigenvalue weighted by Gasteiger charge is -2.33.